The average molecular weight is 331 g/mol. The van der Waals surface area contributed by atoms with Crippen LogP contribution in [-0.4, -0.2) is 7.11 Å². The molecule has 0 bridgehead atoms. The van der Waals surface area contributed by atoms with E-state index in [4.69, 9.17) is 10.00 Å². The van der Waals surface area contributed by atoms with Gasteiger partial charge in [0.25, 0.3) is 0 Å². The first-order chi connectivity index (χ1) is 9.63. The van der Waals surface area contributed by atoms with Gasteiger partial charge < -0.3 is 10.1 Å². The molecule has 0 amide bonds. The molecule has 0 radical (unpaired) electrons. The number of hydrogen-bond acceptors (Lipinski definition) is 3. The molecule has 0 aliphatic heterocycles. The Balaban J connectivity index is 2.19. The van der Waals surface area contributed by atoms with Crippen molar-refractivity contribution in [1.29, 1.82) is 5.26 Å². The Hall–Kier alpha value is -1.99. The van der Waals surface area contributed by atoms with Crippen LogP contribution in [0, 0.1) is 11.3 Å². The summed E-state index contributed by atoms with van der Waals surface area (Å²) in [7, 11) is 1.66. The first-order valence-electron chi connectivity index (χ1n) is 6.24. The monoisotopic (exact) mass is 330 g/mol. The minimum Gasteiger partial charge on any atom is -0.497 e. The Kier molecular flexibility index (Phi) is 4.65. The van der Waals surface area contributed by atoms with Gasteiger partial charge in [0.1, 0.15) is 5.75 Å². The standard InChI is InChI=1S/C16H15BrN2O/c1-11(13-4-3-5-14(9-13)20-2)19-16-7-6-12(10-18)8-15(16)17/h3-9,11,19H,1-2H3. The van der Waals surface area contributed by atoms with E-state index in [0.29, 0.717) is 5.56 Å². The second-order valence-corrected chi connectivity index (χ2v) is 5.30. The van der Waals surface area contributed by atoms with Gasteiger partial charge in [0.05, 0.1) is 18.7 Å². The number of ether oxygens (including phenoxy) is 1. The van der Waals surface area contributed by atoms with Crippen molar-refractivity contribution in [1.82, 2.24) is 0 Å². The van der Waals surface area contributed by atoms with E-state index in [-0.39, 0.29) is 6.04 Å². The number of hydrogen-bond donors (Lipinski definition) is 1. The Morgan fingerprint density at radius 3 is 2.70 bits per heavy atom. The lowest BCUT2D eigenvalue weighted by molar-refractivity contribution is 0.414. The van der Waals surface area contributed by atoms with Crippen LogP contribution in [0.2, 0.25) is 0 Å². The van der Waals surface area contributed by atoms with E-state index in [2.05, 4.69) is 40.3 Å². The maximum atomic E-state index is 8.87. The Morgan fingerprint density at radius 2 is 2.05 bits per heavy atom. The lowest BCUT2D eigenvalue weighted by Gasteiger charge is -2.17. The van der Waals surface area contributed by atoms with Crippen LogP contribution in [0.5, 0.6) is 5.75 Å². The van der Waals surface area contributed by atoms with Crippen LogP contribution < -0.4 is 10.1 Å². The molecule has 102 valence electrons. The Bertz CT molecular complexity index is 649. The molecule has 0 heterocycles. The lowest BCUT2D eigenvalue weighted by atomic mass is 10.1. The SMILES string of the molecule is COc1cccc(C(C)Nc2ccc(C#N)cc2Br)c1. The average Bonchev–Trinajstić information content (AvgIpc) is 2.49. The molecular weight excluding hydrogens is 316 g/mol. The van der Waals surface area contributed by atoms with Crippen molar-refractivity contribution in [2.24, 2.45) is 0 Å². The normalized spacial score (nSPS) is 11.5. The van der Waals surface area contributed by atoms with Crippen LogP contribution in [-0.2, 0) is 0 Å². The quantitative estimate of drug-likeness (QED) is 0.897. The summed E-state index contributed by atoms with van der Waals surface area (Å²) in [6.07, 6.45) is 0. The molecule has 0 spiro atoms. The highest BCUT2D eigenvalue weighted by Crippen LogP contribution is 2.28. The first kappa shape index (κ1) is 14.4. The zero-order chi connectivity index (χ0) is 14.5. The zero-order valence-electron chi connectivity index (χ0n) is 11.4. The van der Waals surface area contributed by atoms with E-state index in [1.54, 1.807) is 19.2 Å². The number of nitrogens with one attached hydrogen (secondary N) is 1. The van der Waals surface area contributed by atoms with E-state index >= 15 is 0 Å². The third-order valence-corrected chi connectivity index (χ3v) is 3.72. The maximum Gasteiger partial charge on any atom is 0.119 e. The van der Waals surface area contributed by atoms with Crippen molar-refractivity contribution in [3.8, 4) is 11.8 Å². The molecule has 0 saturated carbocycles. The van der Waals surface area contributed by atoms with E-state index in [0.717, 1.165) is 21.5 Å². The second kappa shape index (κ2) is 6.44. The molecule has 0 fully saturated rings. The van der Waals surface area contributed by atoms with Crippen molar-refractivity contribution >= 4 is 21.6 Å². The van der Waals surface area contributed by atoms with Crippen molar-refractivity contribution in [3.63, 3.8) is 0 Å². The molecule has 2 aromatic carbocycles. The van der Waals surface area contributed by atoms with Gasteiger partial charge in [-0.05, 0) is 58.7 Å². The van der Waals surface area contributed by atoms with Crippen LogP contribution in [0.15, 0.2) is 46.9 Å². The summed E-state index contributed by atoms with van der Waals surface area (Å²) in [6, 6.07) is 15.7. The molecule has 0 aromatic heterocycles. The highest BCUT2D eigenvalue weighted by atomic mass is 79.9. The van der Waals surface area contributed by atoms with Crippen molar-refractivity contribution in [2.45, 2.75) is 13.0 Å². The predicted octanol–water partition coefficient (Wildman–Crippen LogP) is 4.50. The third kappa shape index (κ3) is 3.31. The maximum absolute atomic E-state index is 8.87. The molecule has 0 aliphatic carbocycles. The fourth-order valence-corrected chi connectivity index (χ4v) is 2.42. The number of benzene rings is 2. The van der Waals surface area contributed by atoms with Gasteiger partial charge in [-0.1, -0.05) is 12.1 Å². The molecule has 0 saturated heterocycles. The lowest BCUT2D eigenvalue weighted by Crippen LogP contribution is -2.07. The van der Waals surface area contributed by atoms with E-state index in [1.165, 1.54) is 0 Å². The number of rotatable bonds is 4. The minimum absolute atomic E-state index is 0.134. The fourth-order valence-electron chi connectivity index (χ4n) is 1.93. The van der Waals surface area contributed by atoms with Gasteiger partial charge in [0.2, 0.25) is 0 Å². The van der Waals surface area contributed by atoms with Crippen LogP contribution in [0.4, 0.5) is 5.69 Å². The van der Waals surface area contributed by atoms with E-state index < -0.39 is 0 Å². The zero-order valence-corrected chi connectivity index (χ0v) is 12.9. The molecule has 3 nitrogen and oxygen atoms in total. The Morgan fingerprint density at radius 1 is 1.25 bits per heavy atom. The van der Waals surface area contributed by atoms with E-state index in [1.807, 2.05) is 24.3 Å². The summed E-state index contributed by atoms with van der Waals surface area (Å²) in [5.74, 6) is 0.843. The molecule has 2 rings (SSSR count). The van der Waals surface area contributed by atoms with Gasteiger partial charge in [0, 0.05) is 16.2 Å². The van der Waals surface area contributed by atoms with Crippen LogP contribution >= 0.6 is 15.9 Å². The summed E-state index contributed by atoms with van der Waals surface area (Å²) < 4.78 is 6.12. The fraction of sp³-hybridized carbons (Fsp3) is 0.188. The highest BCUT2D eigenvalue weighted by molar-refractivity contribution is 9.10. The summed E-state index contributed by atoms with van der Waals surface area (Å²) in [6.45, 7) is 2.08. The first-order valence-corrected chi connectivity index (χ1v) is 7.03. The molecule has 1 atom stereocenters. The highest BCUT2D eigenvalue weighted by Gasteiger charge is 2.09. The number of nitriles is 1. The number of halogens is 1. The molecule has 0 aliphatic rings. The summed E-state index contributed by atoms with van der Waals surface area (Å²) in [5, 5.41) is 12.3. The van der Waals surface area contributed by atoms with Gasteiger partial charge in [-0.3, -0.25) is 0 Å². The summed E-state index contributed by atoms with van der Waals surface area (Å²) in [5.41, 5.74) is 2.73. The second-order valence-electron chi connectivity index (χ2n) is 4.45. The van der Waals surface area contributed by atoms with Crippen molar-refractivity contribution < 1.29 is 4.74 Å². The van der Waals surface area contributed by atoms with Gasteiger partial charge in [-0.15, -0.1) is 0 Å². The van der Waals surface area contributed by atoms with Crippen LogP contribution in [0.25, 0.3) is 0 Å². The topological polar surface area (TPSA) is 45.0 Å². The Labute approximate surface area is 127 Å². The van der Waals surface area contributed by atoms with Crippen molar-refractivity contribution in [2.75, 3.05) is 12.4 Å². The molecule has 20 heavy (non-hydrogen) atoms. The van der Waals surface area contributed by atoms with Gasteiger partial charge in [-0.25, -0.2) is 0 Å². The number of methoxy groups -OCH3 is 1. The van der Waals surface area contributed by atoms with Gasteiger partial charge >= 0.3 is 0 Å². The largest absolute Gasteiger partial charge is 0.497 e. The summed E-state index contributed by atoms with van der Waals surface area (Å²) >= 11 is 3.48. The van der Waals surface area contributed by atoms with Crippen molar-refractivity contribution in [3.05, 3.63) is 58.1 Å². The van der Waals surface area contributed by atoms with Crippen LogP contribution in [0.3, 0.4) is 0 Å². The molecule has 1 unspecified atom stereocenters. The molecule has 2 aromatic rings. The molecule has 4 heteroatoms. The summed E-state index contributed by atoms with van der Waals surface area (Å²) in [4.78, 5) is 0. The molecule has 1 N–H and O–H groups in total. The minimum atomic E-state index is 0.134. The van der Waals surface area contributed by atoms with Gasteiger partial charge in [0.15, 0.2) is 0 Å². The van der Waals surface area contributed by atoms with Gasteiger partial charge in [-0.2, -0.15) is 5.26 Å². The third-order valence-electron chi connectivity index (χ3n) is 3.06. The number of anilines is 1. The van der Waals surface area contributed by atoms with E-state index in [9.17, 15) is 0 Å². The van der Waals surface area contributed by atoms with Crippen LogP contribution in [0.1, 0.15) is 24.1 Å². The number of nitrogens with zero attached hydrogens (tertiary/aromatic N) is 1. The molecular formula is C16H15BrN2O. The smallest absolute Gasteiger partial charge is 0.119 e. The predicted molar refractivity (Wildman–Crippen MR) is 83.9 cm³/mol.